The highest BCUT2D eigenvalue weighted by Crippen LogP contribution is 2.36. The molecule has 4 nitrogen and oxygen atoms in total. The third kappa shape index (κ3) is 2.65. The van der Waals surface area contributed by atoms with Crippen molar-refractivity contribution in [1.29, 1.82) is 0 Å². The van der Waals surface area contributed by atoms with Crippen molar-refractivity contribution < 1.29 is 13.2 Å². The second-order valence-electron chi connectivity index (χ2n) is 6.33. The SMILES string of the molecule is COc1ccc2cc3c(cc2c1)CCN3S(=O)(=O)c1ccc(C)cc1. The van der Waals surface area contributed by atoms with Crippen LogP contribution in [-0.4, -0.2) is 22.1 Å². The van der Waals surface area contributed by atoms with Crippen molar-refractivity contribution in [3.05, 3.63) is 65.7 Å². The van der Waals surface area contributed by atoms with Crippen LogP contribution in [0.3, 0.4) is 0 Å². The van der Waals surface area contributed by atoms with Gasteiger partial charge in [-0.2, -0.15) is 0 Å². The Balaban J connectivity index is 1.81. The van der Waals surface area contributed by atoms with Crippen LogP contribution >= 0.6 is 0 Å². The molecule has 1 heterocycles. The number of ether oxygens (including phenoxy) is 1. The second kappa shape index (κ2) is 5.77. The molecule has 25 heavy (non-hydrogen) atoms. The number of nitrogens with zero attached hydrogens (tertiary/aromatic N) is 1. The zero-order chi connectivity index (χ0) is 17.6. The molecule has 0 amide bonds. The molecule has 0 saturated carbocycles. The number of benzene rings is 3. The van der Waals surface area contributed by atoms with Gasteiger partial charge in [0.15, 0.2) is 0 Å². The molecule has 0 aromatic heterocycles. The van der Waals surface area contributed by atoms with Crippen molar-refractivity contribution in [3.8, 4) is 5.75 Å². The number of fused-ring (bicyclic) bond motifs is 2. The normalized spacial score (nSPS) is 13.9. The van der Waals surface area contributed by atoms with Crippen molar-refractivity contribution in [1.82, 2.24) is 0 Å². The zero-order valence-corrected chi connectivity index (χ0v) is 15.0. The molecule has 0 unspecified atom stereocenters. The van der Waals surface area contributed by atoms with Gasteiger partial charge in [0.2, 0.25) is 0 Å². The average molecular weight is 353 g/mol. The molecule has 128 valence electrons. The van der Waals surface area contributed by atoms with Gasteiger partial charge >= 0.3 is 0 Å². The van der Waals surface area contributed by atoms with Gasteiger partial charge in [0.25, 0.3) is 10.0 Å². The standard InChI is InChI=1S/C20H19NO3S/c1-14-3-7-19(8-4-14)25(22,23)21-10-9-16-11-17-12-18(24-2)6-5-15(17)13-20(16)21/h3-8,11-13H,9-10H2,1-2H3. The van der Waals surface area contributed by atoms with Crippen LogP contribution in [0.15, 0.2) is 59.5 Å². The number of sulfonamides is 1. The topological polar surface area (TPSA) is 46.6 Å². The summed E-state index contributed by atoms with van der Waals surface area (Å²) in [7, 11) is -1.90. The summed E-state index contributed by atoms with van der Waals surface area (Å²) in [6, 6.07) is 16.9. The molecular formula is C20H19NO3S. The Morgan fingerprint density at radius 3 is 2.44 bits per heavy atom. The largest absolute Gasteiger partial charge is 0.497 e. The van der Waals surface area contributed by atoms with Gasteiger partial charge in [-0.3, -0.25) is 4.31 Å². The van der Waals surface area contributed by atoms with E-state index in [1.54, 1.807) is 19.2 Å². The first kappa shape index (κ1) is 16.0. The minimum Gasteiger partial charge on any atom is -0.497 e. The minimum atomic E-state index is -3.54. The Morgan fingerprint density at radius 2 is 1.72 bits per heavy atom. The van der Waals surface area contributed by atoms with Crippen LogP contribution in [0.5, 0.6) is 5.75 Å². The number of rotatable bonds is 3. The van der Waals surface area contributed by atoms with Crippen LogP contribution in [0.2, 0.25) is 0 Å². The van der Waals surface area contributed by atoms with Gasteiger partial charge in [0.05, 0.1) is 17.7 Å². The van der Waals surface area contributed by atoms with Gasteiger partial charge in [-0.1, -0.05) is 23.8 Å². The lowest BCUT2D eigenvalue weighted by Gasteiger charge is -2.20. The van der Waals surface area contributed by atoms with E-state index in [9.17, 15) is 8.42 Å². The van der Waals surface area contributed by atoms with E-state index < -0.39 is 10.0 Å². The summed E-state index contributed by atoms with van der Waals surface area (Å²) in [5.41, 5.74) is 2.87. The summed E-state index contributed by atoms with van der Waals surface area (Å²) < 4.78 is 32.9. The van der Waals surface area contributed by atoms with Gasteiger partial charge in [-0.25, -0.2) is 8.42 Å². The maximum Gasteiger partial charge on any atom is 0.264 e. The second-order valence-corrected chi connectivity index (χ2v) is 8.20. The molecule has 4 rings (SSSR count). The first-order valence-corrected chi connectivity index (χ1v) is 9.63. The quantitative estimate of drug-likeness (QED) is 0.717. The zero-order valence-electron chi connectivity index (χ0n) is 14.2. The summed E-state index contributed by atoms with van der Waals surface area (Å²) in [6.07, 6.45) is 0.716. The number of aryl methyl sites for hydroxylation is 1. The molecule has 0 saturated heterocycles. The third-order valence-electron chi connectivity index (χ3n) is 4.71. The van der Waals surface area contributed by atoms with Gasteiger partial charge in [0.1, 0.15) is 5.75 Å². The molecule has 3 aromatic carbocycles. The Labute approximate surface area is 147 Å². The van der Waals surface area contributed by atoms with E-state index in [0.29, 0.717) is 17.9 Å². The van der Waals surface area contributed by atoms with Gasteiger partial charge in [0, 0.05) is 6.54 Å². The van der Waals surface area contributed by atoms with E-state index >= 15 is 0 Å². The number of methoxy groups -OCH3 is 1. The highest BCUT2D eigenvalue weighted by molar-refractivity contribution is 7.92. The maximum absolute atomic E-state index is 13.1. The Morgan fingerprint density at radius 1 is 0.960 bits per heavy atom. The first-order chi connectivity index (χ1) is 12.0. The summed E-state index contributed by atoms with van der Waals surface area (Å²) in [5, 5.41) is 2.07. The molecule has 0 spiro atoms. The molecule has 1 aliphatic rings. The summed E-state index contributed by atoms with van der Waals surface area (Å²) >= 11 is 0. The van der Waals surface area contributed by atoms with E-state index in [1.807, 2.05) is 43.3 Å². The fourth-order valence-electron chi connectivity index (χ4n) is 3.30. The van der Waals surface area contributed by atoms with Gasteiger partial charge < -0.3 is 4.74 Å². The minimum absolute atomic E-state index is 0.334. The van der Waals surface area contributed by atoms with E-state index in [2.05, 4.69) is 6.07 Å². The molecular weight excluding hydrogens is 334 g/mol. The van der Waals surface area contributed by atoms with E-state index in [-0.39, 0.29) is 0 Å². The summed E-state index contributed by atoms with van der Waals surface area (Å²) in [5.74, 6) is 0.801. The van der Waals surface area contributed by atoms with Crippen LogP contribution in [-0.2, 0) is 16.4 Å². The lowest BCUT2D eigenvalue weighted by atomic mass is 10.0. The molecule has 0 N–H and O–H groups in total. The Bertz CT molecular complexity index is 1060. The van der Waals surface area contributed by atoms with Crippen molar-refractivity contribution >= 4 is 26.5 Å². The molecule has 0 bridgehead atoms. The smallest absolute Gasteiger partial charge is 0.264 e. The highest BCUT2D eigenvalue weighted by atomic mass is 32.2. The van der Waals surface area contributed by atoms with Crippen LogP contribution in [0, 0.1) is 6.92 Å². The fraction of sp³-hybridized carbons (Fsp3) is 0.200. The van der Waals surface area contributed by atoms with Crippen molar-refractivity contribution in [2.75, 3.05) is 18.0 Å². The molecule has 0 radical (unpaired) electrons. The predicted molar refractivity (Wildman–Crippen MR) is 99.9 cm³/mol. The lowest BCUT2D eigenvalue weighted by Crippen LogP contribution is -2.29. The van der Waals surface area contributed by atoms with Crippen molar-refractivity contribution in [2.45, 2.75) is 18.2 Å². The van der Waals surface area contributed by atoms with Crippen molar-refractivity contribution in [2.24, 2.45) is 0 Å². The van der Waals surface area contributed by atoms with Crippen LogP contribution < -0.4 is 9.04 Å². The van der Waals surface area contributed by atoms with Crippen LogP contribution in [0.4, 0.5) is 5.69 Å². The molecule has 3 aromatic rings. The average Bonchev–Trinajstić information content (AvgIpc) is 3.03. The van der Waals surface area contributed by atoms with Gasteiger partial charge in [-0.15, -0.1) is 0 Å². The van der Waals surface area contributed by atoms with E-state index in [0.717, 1.165) is 33.3 Å². The number of hydrogen-bond acceptors (Lipinski definition) is 3. The highest BCUT2D eigenvalue weighted by Gasteiger charge is 2.31. The van der Waals surface area contributed by atoms with Crippen LogP contribution in [0.25, 0.3) is 10.8 Å². The first-order valence-electron chi connectivity index (χ1n) is 8.19. The molecule has 0 atom stereocenters. The lowest BCUT2D eigenvalue weighted by molar-refractivity contribution is 0.415. The van der Waals surface area contributed by atoms with E-state index in [1.165, 1.54) is 4.31 Å². The van der Waals surface area contributed by atoms with Crippen molar-refractivity contribution in [3.63, 3.8) is 0 Å². The van der Waals surface area contributed by atoms with E-state index in [4.69, 9.17) is 4.74 Å². The predicted octanol–water partition coefficient (Wildman–Crippen LogP) is 3.91. The van der Waals surface area contributed by atoms with Gasteiger partial charge in [-0.05, 0) is 66.1 Å². The number of hydrogen-bond donors (Lipinski definition) is 0. The number of anilines is 1. The monoisotopic (exact) mass is 353 g/mol. The summed E-state index contributed by atoms with van der Waals surface area (Å²) in [4.78, 5) is 0.334. The Kier molecular flexibility index (Phi) is 3.69. The molecule has 0 aliphatic carbocycles. The summed E-state index contributed by atoms with van der Waals surface area (Å²) in [6.45, 7) is 2.42. The maximum atomic E-state index is 13.1. The Hall–Kier alpha value is -2.53. The third-order valence-corrected chi connectivity index (χ3v) is 6.53. The molecule has 1 aliphatic heterocycles. The molecule has 5 heteroatoms. The van der Waals surface area contributed by atoms with Crippen LogP contribution in [0.1, 0.15) is 11.1 Å². The fourth-order valence-corrected chi connectivity index (χ4v) is 4.79. The molecule has 0 fully saturated rings.